The number of phenolic OH excluding ortho intramolecular Hbond substituents is 1. The monoisotopic (exact) mass is 382 g/mol. The number of rotatable bonds is 5. The lowest BCUT2D eigenvalue weighted by molar-refractivity contribution is 0.0859. The topological polar surface area (TPSA) is 78.9 Å². The van der Waals surface area contributed by atoms with Crippen molar-refractivity contribution in [2.45, 2.75) is 32.8 Å². The second kappa shape index (κ2) is 8.78. The number of hydrogen-bond donors (Lipinski definition) is 2. The molecule has 2 aromatic rings. The van der Waals surface area contributed by atoms with E-state index in [4.69, 9.17) is 4.74 Å². The molecule has 0 unspecified atom stereocenters. The van der Waals surface area contributed by atoms with Crippen molar-refractivity contribution in [1.82, 2.24) is 4.90 Å². The van der Waals surface area contributed by atoms with Gasteiger partial charge in [-0.3, -0.25) is 4.79 Å². The van der Waals surface area contributed by atoms with Gasteiger partial charge in [-0.15, -0.1) is 0 Å². The molecule has 1 fully saturated rings. The largest absolute Gasteiger partial charge is 0.508 e. The van der Waals surface area contributed by atoms with E-state index in [2.05, 4.69) is 5.32 Å². The van der Waals surface area contributed by atoms with Crippen molar-refractivity contribution in [3.63, 3.8) is 0 Å². The zero-order chi connectivity index (χ0) is 20.1. The lowest BCUT2D eigenvalue weighted by Crippen LogP contribution is -2.42. The predicted molar refractivity (Wildman–Crippen MR) is 108 cm³/mol. The fourth-order valence-electron chi connectivity index (χ4n) is 3.30. The highest BCUT2D eigenvalue weighted by atomic mass is 16.5. The maximum atomic E-state index is 12.6. The van der Waals surface area contributed by atoms with Crippen molar-refractivity contribution in [3.05, 3.63) is 54.1 Å². The molecule has 1 saturated heterocycles. The Morgan fingerprint density at radius 2 is 1.64 bits per heavy atom. The number of Topliss-reactive ketones (excluding diaryl/α,β-unsaturated/α-hetero) is 1. The molecule has 0 bridgehead atoms. The first-order valence-corrected chi connectivity index (χ1v) is 9.58. The van der Waals surface area contributed by atoms with Gasteiger partial charge < -0.3 is 20.1 Å². The number of carbonyl (C=O) groups is 2. The maximum Gasteiger partial charge on any atom is 0.321 e. The van der Waals surface area contributed by atoms with Gasteiger partial charge >= 0.3 is 6.03 Å². The number of likely N-dealkylation sites (tertiary alicyclic amines) is 1. The van der Waals surface area contributed by atoms with Crippen LogP contribution in [-0.4, -0.2) is 41.0 Å². The molecule has 0 spiro atoms. The lowest BCUT2D eigenvalue weighted by Gasteiger charge is -2.31. The van der Waals surface area contributed by atoms with Crippen molar-refractivity contribution >= 4 is 17.5 Å². The van der Waals surface area contributed by atoms with Gasteiger partial charge in [-0.1, -0.05) is 0 Å². The summed E-state index contributed by atoms with van der Waals surface area (Å²) in [6.45, 7) is 5.00. The summed E-state index contributed by atoms with van der Waals surface area (Å²) >= 11 is 0. The van der Waals surface area contributed by atoms with Crippen LogP contribution in [0.5, 0.6) is 11.5 Å². The molecule has 0 radical (unpaired) electrons. The summed E-state index contributed by atoms with van der Waals surface area (Å²) in [6.07, 6.45) is 1.37. The molecular weight excluding hydrogens is 356 g/mol. The van der Waals surface area contributed by atoms with Gasteiger partial charge in [0.25, 0.3) is 0 Å². The van der Waals surface area contributed by atoms with E-state index in [1.165, 1.54) is 12.1 Å². The Kier molecular flexibility index (Phi) is 6.19. The highest BCUT2D eigenvalue weighted by Gasteiger charge is 2.28. The van der Waals surface area contributed by atoms with E-state index in [9.17, 15) is 14.7 Å². The molecule has 6 heteroatoms. The second-order valence-electron chi connectivity index (χ2n) is 7.29. The first kappa shape index (κ1) is 19.7. The van der Waals surface area contributed by atoms with Crippen molar-refractivity contribution in [2.75, 3.05) is 18.4 Å². The van der Waals surface area contributed by atoms with E-state index >= 15 is 0 Å². The minimum atomic E-state index is -0.159. The van der Waals surface area contributed by atoms with Crippen molar-refractivity contribution in [1.29, 1.82) is 0 Å². The number of phenols is 1. The summed E-state index contributed by atoms with van der Waals surface area (Å²) in [4.78, 5) is 26.8. The first-order chi connectivity index (χ1) is 13.4. The molecule has 3 rings (SSSR count). The number of urea groups is 1. The van der Waals surface area contributed by atoms with Gasteiger partial charge in [-0.2, -0.15) is 0 Å². The first-order valence-electron chi connectivity index (χ1n) is 9.58. The average molecular weight is 382 g/mol. The molecule has 1 aliphatic rings. The van der Waals surface area contributed by atoms with Crippen LogP contribution in [0.3, 0.4) is 0 Å². The Bertz CT molecular complexity index is 807. The second-order valence-corrected chi connectivity index (χ2v) is 7.29. The van der Waals surface area contributed by atoms with Crippen molar-refractivity contribution in [2.24, 2.45) is 5.92 Å². The molecule has 0 atom stereocenters. The molecule has 2 aromatic carbocycles. The van der Waals surface area contributed by atoms with Crippen molar-refractivity contribution < 1.29 is 19.4 Å². The van der Waals surface area contributed by atoms with Gasteiger partial charge in [-0.05, 0) is 75.2 Å². The van der Waals surface area contributed by atoms with Gasteiger partial charge in [0, 0.05) is 30.3 Å². The summed E-state index contributed by atoms with van der Waals surface area (Å²) in [5, 5.41) is 12.2. The minimum Gasteiger partial charge on any atom is -0.508 e. The molecule has 6 nitrogen and oxygen atoms in total. The number of benzene rings is 2. The number of nitrogens with zero attached hydrogens (tertiary/aromatic N) is 1. The molecule has 28 heavy (non-hydrogen) atoms. The Labute approximate surface area is 165 Å². The Morgan fingerprint density at radius 3 is 2.21 bits per heavy atom. The third kappa shape index (κ3) is 5.03. The zero-order valence-electron chi connectivity index (χ0n) is 16.2. The van der Waals surface area contributed by atoms with E-state index in [0.717, 1.165) is 5.75 Å². The maximum absolute atomic E-state index is 12.6. The Balaban J connectivity index is 1.50. The van der Waals surface area contributed by atoms with E-state index in [-0.39, 0.29) is 29.6 Å². The van der Waals surface area contributed by atoms with E-state index in [0.29, 0.717) is 37.2 Å². The highest BCUT2D eigenvalue weighted by molar-refractivity contribution is 5.98. The molecule has 2 amide bonds. The van der Waals surface area contributed by atoms with Crippen LogP contribution in [-0.2, 0) is 0 Å². The van der Waals surface area contributed by atoms with Gasteiger partial charge in [0.2, 0.25) is 0 Å². The van der Waals surface area contributed by atoms with Crippen LogP contribution in [0, 0.1) is 5.92 Å². The minimum absolute atomic E-state index is 0.0702. The number of ketones is 1. The number of hydrogen-bond acceptors (Lipinski definition) is 4. The predicted octanol–water partition coefficient (Wildman–Crippen LogP) is 4.31. The van der Waals surface area contributed by atoms with E-state index in [1.54, 1.807) is 17.0 Å². The molecule has 1 aliphatic heterocycles. The number of aromatic hydroxyl groups is 1. The van der Waals surface area contributed by atoms with Gasteiger partial charge in [0.15, 0.2) is 5.78 Å². The normalized spacial score (nSPS) is 14.8. The summed E-state index contributed by atoms with van der Waals surface area (Å²) in [7, 11) is 0. The average Bonchev–Trinajstić information content (AvgIpc) is 2.69. The lowest BCUT2D eigenvalue weighted by atomic mass is 9.89. The summed E-state index contributed by atoms with van der Waals surface area (Å²) in [5.74, 6) is 0.884. The van der Waals surface area contributed by atoms with Crippen molar-refractivity contribution in [3.8, 4) is 11.5 Å². The Morgan fingerprint density at radius 1 is 1.04 bits per heavy atom. The van der Waals surface area contributed by atoms with Crippen LogP contribution in [0.25, 0.3) is 0 Å². The van der Waals surface area contributed by atoms with Crippen LogP contribution < -0.4 is 10.1 Å². The fraction of sp³-hybridized carbons (Fsp3) is 0.364. The number of amides is 2. The molecule has 1 heterocycles. The number of piperidine rings is 1. The standard InChI is InChI=1S/C22H26N2O4/c1-15(2)28-20-9-5-18(6-10-20)23-22(27)24-13-11-17(12-14-24)21(26)16-3-7-19(25)8-4-16/h3-10,15,17,25H,11-14H2,1-2H3,(H,23,27). The number of carbonyl (C=O) groups excluding carboxylic acids is 2. The van der Waals surface area contributed by atoms with E-state index in [1.807, 2.05) is 38.1 Å². The number of ether oxygens (including phenoxy) is 1. The zero-order valence-corrected chi connectivity index (χ0v) is 16.2. The number of nitrogens with one attached hydrogen (secondary N) is 1. The summed E-state index contributed by atoms with van der Waals surface area (Å²) in [6, 6.07) is 13.5. The van der Waals surface area contributed by atoms with Crippen LogP contribution >= 0.6 is 0 Å². The molecule has 0 aromatic heterocycles. The Hall–Kier alpha value is -3.02. The summed E-state index contributed by atoms with van der Waals surface area (Å²) in [5.41, 5.74) is 1.31. The third-order valence-corrected chi connectivity index (χ3v) is 4.78. The SMILES string of the molecule is CC(C)Oc1ccc(NC(=O)N2CCC(C(=O)c3ccc(O)cc3)CC2)cc1. The van der Waals surface area contributed by atoms with Gasteiger partial charge in [0.1, 0.15) is 11.5 Å². The molecule has 148 valence electrons. The van der Waals surface area contributed by atoms with Crippen LogP contribution in [0.15, 0.2) is 48.5 Å². The number of anilines is 1. The quantitative estimate of drug-likeness (QED) is 0.756. The van der Waals surface area contributed by atoms with Gasteiger partial charge in [-0.25, -0.2) is 4.79 Å². The smallest absolute Gasteiger partial charge is 0.321 e. The van der Waals surface area contributed by atoms with E-state index < -0.39 is 0 Å². The fourth-order valence-corrected chi connectivity index (χ4v) is 3.30. The third-order valence-electron chi connectivity index (χ3n) is 4.78. The molecule has 2 N–H and O–H groups in total. The van der Waals surface area contributed by atoms with Crippen LogP contribution in [0.2, 0.25) is 0 Å². The molecule has 0 aliphatic carbocycles. The molecular formula is C22H26N2O4. The van der Waals surface area contributed by atoms with Gasteiger partial charge in [0.05, 0.1) is 6.10 Å². The van der Waals surface area contributed by atoms with Crippen LogP contribution in [0.1, 0.15) is 37.0 Å². The summed E-state index contributed by atoms with van der Waals surface area (Å²) < 4.78 is 5.60. The molecule has 0 saturated carbocycles. The van der Waals surface area contributed by atoms with Crippen LogP contribution in [0.4, 0.5) is 10.5 Å². The highest BCUT2D eigenvalue weighted by Crippen LogP contribution is 2.24.